The number of carbonyl (C=O) groups is 1. The fraction of sp³-hybridized carbons (Fsp3) is 0.238. The number of rotatable bonds is 6. The Bertz CT molecular complexity index is 959. The predicted octanol–water partition coefficient (Wildman–Crippen LogP) is 4.04. The maximum Gasteiger partial charge on any atom is 0.351 e. The van der Waals surface area contributed by atoms with Gasteiger partial charge in [-0.2, -0.15) is 0 Å². The lowest BCUT2D eigenvalue weighted by atomic mass is 10.1. The van der Waals surface area contributed by atoms with Crippen LogP contribution in [0.15, 0.2) is 63.8 Å². The largest absolute Gasteiger partial charge is 0.474 e. The molecular formula is C21H20O5. The third-order valence-corrected chi connectivity index (χ3v) is 4.09. The van der Waals surface area contributed by atoms with E-state index in [1.165, 1.54) is 13.2 Å². The molecule has 0 amide bonds. The fourth-order valence-electron chi connectivity index (χ4n) is 2.88. The molecule has 134 valence electrons. The van der Waals surface area contributed by atoms with Crippen LogP contribution >= 0.6 is 0 Å². The molecule has 0 N–H and O–H groups in total. The lowest BCUT2D eigenvalue weighted by molar-refractivity contribution is -0.149. The molecule has 2 aromatic carbocycles. The first-order valence-electron chi connectivity index (χ1n) is 8.48. The average molecular weight is 352 g/mol. The van der Waals surface area contributed by atoms with Crippen molar-refractivity contribution in [1.82, 2.24) is 0 Å². The number of benzene rings is 2. The van der Waals surface area contributed by atoms with Crippen LogP contribution < -0.4 is 10.4 Å². The highest BCUT2D eigenvalue weighted by Gasteiger charge is 2.23. The standard InChI is InChI=1S/C21H20O5/c1-3-7-15-12-19(22)26-18-13-16(10-11-17(15)18)25-20(21(23)24-2)14-8-5-4-6-9-14/h4-6,8-13,20H,3,7H2,1-2H3. The van der Waals surface area contributed by atoms with E-state index in [0.29, 0.717) is 16.9 Å². The van der Waals surface area contributed by atoms with Crippen molar-refractivity contribution in [2.75, 3.05) is 7.11 Å². The van der Waals surface area contributed by atoms with Gasteiger partial charge in [-0.05, 0) is 24.1 Å². The summed E-state index contributed by atoms with van der Waals surface area (Å²) in [4.78, 5) is 24.0. The summed E-state index contributed by atoms with van der Waals surface area (Å²) in [6.45, 7) is 2.05. The van der Waals surface area contributed by atoms with Crippen LogP contribution in [0.5, 0.6) is 5.75 Å². The van der Waals surface area contributed by atoms with Gasteiger partial charge in [0.1, 0.15) is 11.3 Å². The SMILES string of the molecule is CCCc1cc(=O)oc2cc(OC(C(=O)OC)c3ccccc3)ccc12. The van der Waals surface area contributed by atoms with Crippen LogP contribution in [0.1, 0.15) is 30.6 Å². The van der Waals surface area contributed by atoms with Gasteiger partial charge in [0.05, 0.1) is 7.11 Å². The Labute approximate surface area is 151 Å². The Hall–Kier alpha value is -3.08. The molecule has 0 aliphatic carbocycles. The number of esters is 1. The molecule has 0 bridgehead atoms. The minimum absolute atomic E-state index is 0.398. The van der Waals surface area contributed by atoms with Crippen LogP contribution in [-0.4, -0.2) is 13.1 Å². The number of fused-ring (bicyclic) bond motifs is 1. The second kappa shape index (κ2) is 7.87. The Kier molecular flexibility index (Phi) is 5.37. The van der Waals surface area contributed by atoms with E-state index in [-0.39, 0.29) is 0 Å². The highest BCUT2D eigenvalue weighted by atomic mass is 16.6. The zero-order valence-electron chi connectivity index (χ0n) is 14.7. The van der Waals surface area contributed by atoms with Crippen molar-refractivity contribution in [3.8, 4) is 5.75 Å². The van der Waals surface area contributed by atoms with Crippen molar-refractivity contribution in [3.05, 3.63) is 76.1 Å². The van der Waals surface area contributed by atoms with Crippen molar-refractivity contribution in [1.29, 1.82) is 0 Å². The van der Waals surface area contributed by atoms with Gasteiger partial charge in [-0.1, -0.05) is 43.7 Å². The van der Waals surface area contributed by atoms with Crippen molar-refractivity contribution in [2.24, 2.45) is 0 Å². The lowest BCUT2D eigenvalue weighted by Crippen LogP contribution is -2.20. The number of aryl methyl sites for hydroxylation is 1. The van der Waals surface area contributed by atoms with Crippen molar-refractivity contribution < 1.29 is 18.7 Å². The van der Waals surface area contributed by atoms with Crippen LogP contribution in [0.2, 0.25) is 0 Å². The molecule has 0 spiro atoms. The van der Waals surface area contributed by atoms with Gasteiger partial charge in [0.15, 0.2) is 0 Å². The van der Waals surface area contributed by atoms with Crippen molar-refractivity contribution in [2.45, 2.75) is 25.9 Å². The quantitative estimate of drug-likeness (QED) is 0.495. The summed E-state index contributed by atoms with van der Waals surface area (Å²) in [5, 5.41) is 0.869. The summed E-state index contributed by atoms with van der Waals surface area (Å²) in [5.74, 6) is -0.0777. The van der Waals surface area contributed by atoms with Crippen LogP contribution in [0.4, 0.5) is 0 Å². The molecule has 0 radical (unpaired) electrons. The monoisotopic (exact) mass is 352 g/mol. The third-order valence-electron chi connectivity index (χ3n) is 4.09. The van der Waals surface area contributed by atoms with E-state index in [9.17, 15) is 9.59 Å². The van der Waals surface area contributed by atoms with E-state index in [0.717, 1.165) is 23.8 Å². The summed E-state index contributed by atoms with van der Waals surface area (Å²) in [7, 11) is 1.32. The predicted molar refractivity (Wildman–Crippen MR) is 98.3 cm³/mol. The van der Waals surface area contributed by atoms with Gasteiger partial charge >= 0.3 is 11.6 Å². The first-order chi connectivity index (χ1) is 12.6. The molecule has 1 atom stereocenters. The Morgan fingerprint density at radius 1 is 1.12 bits per heavy atom. The fourth-order valence-corrected chi connectivity index (χ4v) is 2.88. The Balaban J connectivity index is 1.99. The molecule has 1 unspecified atom stereocenters. The van der Waals surface area contributed by atoms with Gasteiger partial charge in [0.2, 0.25) is 6.10 Å². The van der Waals surface area contributed by atoms with E-state index < -0.39 is 17.7 Å². The van der Waals surface area contributed by atoms with Gasteiger partial charge in [0, 0.05) is 23.1 Å². The first-order valence-corrected chi connectivity index (χ1v) is 8.48. The molecular weight excluding hydrogens is 332 g/mol. The van der Waals surface area contributed by atoms with Gasteiger partial charge in [-0.25, -0.2) is 9.59 Å². The van der Waals surface area contributed by atoms with Gasteiger partial charge < -0.3 is 13.9 Å². The minimum Gasteiger partial charge on any atom is -0.474 e. The van der Waals surface area contributed by atoms with Gasteiger partial charge in [-0.15, -0.1) is 0 Å². The van der Waals surface area contributed by atoms with Gasteiger partial charge in [-0.3, -0.25) is 0 Å². The molecule has 0 aliphatic rings. The lowest BCUT2D eigenvalue weighted by Gasteiger charge is -2.17. The second-order valence-electron chi connectivity index (χ2n) is 5.93. The zero-order chi connectivity index (χ0) is 18.5. The second-order valence-corrected chi connectivity index (χ2v) is 5.93. The van der Waals surface area contributed by atoms with Crippen LogP contribution in [0, 0.1) is 0 Å². The zero-order valence-corrected chi connectivity index (χ0v) is 14.7. The molecule has 5 nitrogen and oxygen atoms in total. The highest BCUT2D eigenvalue weighted by molar-refractivity contribution is 5.82. The summed E-state index contributed by atoms with van der Waals surface area (Å²) in [6.07, 6.45) is 0.816. The van der Waals surface area contributed by atoms with E-state index in [1.807, 2.05) is 24.3 Å². The normalized spacial score (nSPS) is 11.9. The van der Waals surface area contributed by atoms with E-state index in [2.05, 4.69) is 6.92 Å². The Morgan fingerprint density at radius 3 is 2.58 bits per heavy atom. The molecule has 3 rings (SSSR count). The van der Waals surface area contributed by atoms with Crippen LogP contribution in [-0.2, 0) is 16.0 Å². The molecule has 1 aromatic heterocycles. The summed E-state index contributed by atoms with van der Waals surface area (Å²) in [5.41, 5.74) is 1.67. The molecule has 3 aromatic rings. The number of hydrogen-bond acceptors (Lipinski definition) is 5. The number of ether oxygens (including phenoxy) is 2. The molecule has 0 fully saturated rings. The average Bonchev–Trinajstić information content (AvgIpc) is 2.66. The molecule has 0 saturated carbocycles. The number of methoxy groups -OCH3 is 1. The highest BCUT2D eigenvalue weighted by Crippen LogP contribution is 2.28. The minimum atomic E-state index is -0.899. The summed E-state index contributed by atoms with van der Waals surface area (Å²) in [6, 6.07) is 15.9. The van der Waals surface area contributed by atoms with E-state index in [4.69, 9.17) is 13.9 Å². The molecule has 0 aliphatic heterocycles. The number of hydrogen-bond donors (Lipinski definition) is 0. The molecule has 26 heavy (non-hydrogen) atoms. The van der Waals surface area contributed by atoms with Crippen molar-refractivity contribution >= 4 is 16.9 Å². The van der Waals surface area contributed by atoms with Crippen LogP contribution in [0.25, 0.3) is 11.0 Å². The third kappa shape index (κ3) is 3.77. The smallest absolute Gasteiger partial charge is 0.351 e. The molecule has 0 saturated heterocycles. The maximum absolute atomic E-state index is 12.2. The van der Waals surface area contributed by atoms with Crippen LogP contribution in [0.3, 0.4) is 0 Å². The maximum atomic E-state index is 12.2. The summed E-state index contributed by atoms with van der Waals surface area (Å²) < 4.78 is 16.0. The van der Waals surface area contributed by atoms with E-state index >= 15 is 0 Å². The van der Waals surface area contributed by atoms with E-state index in [1.54, 1.807) is 24.3 Å². The topological polar surface area (TPSA) is 65.7 Å². The number of carbonyl (C=O) groups excluding carboxylic acids is 1. The van der Waals surface area contributed by atoms with Gasteiger partial charge in [0.25, 0.3) is 0 Å². The first kappa shape index (κ1) is 17.7. The van der Waals surface area contributed by atoms with Crippen molar-refractivity contribution in [3.63, 3.8) is 0 Å². The summed E-state index contributed by atoms with van der Waals surface area (Å²) >= 11 is 0. The Morgan fingerprint density at radius 2 is 1.88 bits per heavy atom. The molecule has 1 heterocycles. The molecule has 5 heteroatoms.